The van der Waals surface area contributed by atoms with Crippen LogP contribution in [-0.2, 0) is 6.54 Å². The zero-order chi connectivity index (χ0) is 24.6. The van der Waals surface area contributed by atoms with E-state index in [0.717, 1.165) is 11.1 Å². The molecule has 1 spiro atoms. The van der Waals surface area contributed by atoms with Gasteiger partial charge in [0.15, 0.2) is 5.72 Å². The number of amides is 3. The van der Waals surface area contributed by atoms with Crippen molar-refractivity contribution < 1.29 is 18.7 Å². The second-order valence-corrected chi connectivity index (χ2v) is 9.30. The van der Waals surface area contributed by atoms with Crippen LogP contribution in [0.5, 0.6) is 5.75 Å². The Labute approximate surface area is 208 Å². The lowest BCUT2D eigenvalue weighted by atomic mass is 9.93. The summed E-state index contributed by atoms with van der Waals surface area (Å²) in [4.78, 5) is 30.0. The molecule has 0 aliphatic carbocycles. The van der Waals surface area contributed by atoms with Crippen molar-refractivity contribution in [1.82, 2.24) is 9.80 Å². The van der Waals surface area contributed by atoms with Gasteiger partial charge in [0.2, 0.25) is 0 Å². The number of para-hydroxylation sites is 1. The lowest BCUT2D eigenvalue weighted by Crippen LogP contribution is -2.63. The first-order valence-electron chi connectivity index (χ1n) is 11.5. The van der Waals surface area contributed by atoms with E-state index in [0.29, 0.717) is 48.0 Å². The molecule has 3 amide bonds. The summed E-state index contributed by atoms with van der Waals surface area (Å²) >= 11 is 6.19. The number of hydrogen-bond donors (Lipinski definition) is 1. The van der Waals surface area contributed by atoms with E-state index in [2.05, 4.69) is 5.32 Å². The standard InChI is InChI=1S/C27H25ClFN3O3/c1-18-22(28)6-4-7-23(18)30-26(34)31-15-13-27(14-16-31)32(17-19-9-11-20(29)12-10-19)25(33)21-5-2-3-8-24(21)35-27/h2-12H,13-17H2,1H3,(H,30,34). The topological polar surface area (TPSA) is 61.9 Å². The summed E-state index contributed by atoms with van der Waals surface area (Å²) in [5, 5.41) is 3.53. The van der Waals surface area contributed by atoms with E-state index in [-0.39, 0.29) is 24.3 Å². The molecular weight excluding hydrogens is 469 g/mol. The van der Waals surface area contributed by atoms with E-state index >= 15 is 0 Å². The van der Waals surface area contributed by atoms with Crippen molar-refractivity contribution in [2.75, 3.05) is 18.4 Å². The summed E-state index contributed by atoms with van der Waals surface area (Å²) in [6.45, 7) is 2.94. The number of fused-ring (bicyclic) bond motifs is 1. The van der Waals surface area contributed by atoms with Gasteiger partial charge in [-0.25, -0.2) is 9.18 Å². The highest BCUT2D eigenvalue weighted by Crippen LogP contribution is 2.40. The molecule has 3 aromatic rings. The van der Waals surface area contributed by atoms with Gasteiger partial charge in [-0.05, 0) is 54.4 Å². The normalized spacial score (nSPS) is 16.6. The SMILES string of the molecule is Cc1c(Cl)cccc1NC(=O)N1CCC2(CC1)Oc1ccccc1C(=O)N2Cc1ccc(F)cc1. The zero-order valence-electron chi connectivity index (χ0n) is 19.3. The monoisotopic (exact) mass is 493 g/mol. The Morgan fingerprint density at radius 3 is 2.51 bits per heavy atom. The van der Waals surface area contributed by atoms with Crippen molar-refractivity contribution in [3.63, 3.8) is 0 Å². The average molecular weight is 494 g/mol. The Morgan fingerprint density at radius 1 is 1.06 bits per heavy atom. The fourth-order valence-corrected chi connectivity index (χ4v) is 4.85. The van der Waals surface area contributed by atoms with Gasteiger partial charge in [0, 0.05) is 43.2 Å². The summed E-state index contributed by atoms with van der Waals surface area (Å²) in [5.74, 6) is 0.0771. The maximum Gasteiger partial charge on any atom is 0.321 e. The van der Waals surface area contributed by atoms with Crippen molar-refractivity contribution in [2.24, 2.45) is 0 Å². The number of halogens is 2. The third-order valence-electron chi connectivity index (χ3n) is 6.75. The van der Waals surface area contributed by atoms with Crippen LogP contribution < -0.4 is 10.1 Å². The second kappa shape index (κ2) is 9.23. The molecule has 1 saturated heterocycles. The first-order valence-corrected chi connectivity index (χ1v) is 11.9. The van der Waals surface area contributed by atoms with Gasteiger partial charge in [-0.3, -0.25) is 9.69 Å². The van der Waals surface area contributed by atoms with E-state index in [1.165, 1.54) is 12.1 Å². The highest BCUT2D eigenvalue weighted by molar-refractivity contribution is 6.31. The maximum absolute atomic E-state index is 13.6. The molecule has 1 fully saturated rings. The number of anilines is 1. The van der Waals surface area contributed by atoms with Gasteiger partial charge in [0.25, 0.3) is 5.91 Å². The third-order valence-corrected chi connectivity index (χ3v) is 7.16. The van der Waals surface area contributed by atoms with Crippen LogP contribution in [0.4, 0.5) is 14.9 Å². The van der Waals surface area contributed by atoms with E-state index < -0.39 is 5.72 Å². The van der Waals surface area contributed by atoms with Crippen LogP contribution in [-0.4, -0.2) is 40.6 Å². The molecule has 0 radical (unpaired) electrons. The number of benzene rings is 3. The number of ether oxygens (including phenoxy) is 1. The van der Waals surface area contributed by atoms with Crippen molar-refractivity contribution in [3.05, 3.63) is 94.3 Å². The van der Waals surface area contributed by atoms with Crippen molar-refractivity contribution >= 4 is 29.2 Å². The Kier molecular flexibility index (Phi) is 6.11. The fourth-order valence-electron chi connectivity index (χ4n) is 4.68. The molecule has 2 aliphatic heterocycles. The lowest BCUT2D eigenvalue weighted by molar-refractivity contribution is -0.109. The minimum atomic E-state index is -0.900. The van der Waals surface area contributed by atoms with Crippen LogP contribution in [0.3, 0.4) is 0 Å². The van der Waals surface area contributed by atoms with Gasteiger partial charge in [-0.1, -0.05) is 41.9 Å². The molecule has 6 nitrogen and oxygen atoms in total. The fraction of sp³-hybridized carbons (Fsp3) is 0.259. The summed E-state index contributed by atoms with van der Waals surface area (Å²) in [5.41, 5.74) is 1.87. The molecular formula is C27H25ClFN3O3. The minimum Gasteiger partial charge on any atom is -0.467 e. The zero-order valence-corrected chi connectivity index (χ0v) is 20.0. The van der Waals surface area contributed by atoms with Gasteiger partial charge in [0.05, 0.1) is 5.56 Å². The molecule has 2 aliphatic rings. The van der Waals surface area contributed by atoms with Crippen molar-refractivity contribution in [3.8, 4) is 5.75 Å². The van der Waals surface area contributed by atoms with Crippen molar-refractivity contribution in [1.29, 1.82) is 0 Å². The highest BCUT2D eigenvalue weighted by atomic mass is 35.5. The maximum atomic E-state index is 13.6. The molecule has 1 N–H and O–H groups in total. The molecule has 8 heteroatoms. The summed E-state index contributed by atoms with van der Waals surface area (Å²) in [7, 11) is 0. The number of carbonyl (C=O) groups excluding carboxylic acids is 2. The van der Waals surface area contributed by atoms with Crippen LogP contribution in [0.25, 0.3) is 0 Å². The molecule has 0 unspecified atom stereocenters. The molecule has 180 valence electrons. The Morgan fingerprint density at radius 2 is 1.77 bits per heavy atom. The smallest absolute Gasteiger partial charge is 0.321 e. The number of hydrogen-bond acceptors (Lipinski definition) is 3. The number of carbonyl (C=O) groups is 2. The van der Waals surface area contributed by atoms with E-state index in [4.69, 9.17) is 16.3 Å². The molecule has 2 heterocycles. The molecule has 0 atom stereocenters. The third kappa shape index (κ3) is 4.44. The van der Waals surface area contributed by atoms with Gasteiger partial charge >= 0.3 is 6.03 Å². The minimum absolute atomic E-state index is 0.136. The van der Waals surface area contributed by atoms with Gasteiger partial charge in [-0.2, -0.15) is 0 Å². The molecule has 0 bridgehead atoms. The van der Waals surface area contributed by atoms with Crippen molar-refractivity contribution in [2.45, 2.75) is 32.0 Å². The highest BCUT2D eigenvalue weighted by Gasteiger charge is 2.49. The number of urea groups is 1. The van der Waals surface area contributed by atoms with Crippen LogP contribution in [0.1, 0.15) is 34.3 Å². The second-order valence-electron chi connectivity index (χ2n) is 8.89. The summed E-state index contributed by atoms with van der Waals surface area (Å²) < 4.78 is 19.9. The molecule has 3 aromatic carbocycles. The number of nitrogens with zero attached hydrogens (tertiary/aromatic N) is 2. The number of rotatable bonds is 3. The number of piperidine rings is 1. The number of likely N-dealkylation sites (tertiary alicyclic amines) is 1. The molecule has 35 heavy (non-hydrogen) atoms. The van der Waals surface area contributed by atoms with Gasteiger partial charge in [-0.15, -0.1) is 0 Å². The van der Waals surface area contributed by atoms with Crippen LogP contribution >= 0.6 is 11.6 Å². The summed E-state index contributed by atoms with van der Waals surface area (Å²) in [6.07, 6.45) is 0.881. The first-order chi connectivity index (χ1) is 16.9. The predicted molar refractivity (Wildman–Crippen MR) is 132 cm³/mol. The predicted octanol–water partition coefficient (Wildman–Crippen LogP) is 5.85. The average Bonchev–Trinajstić information content (AvgIpc) is 2.86. The molecule has 0 saturated carbocycles. The van der Waals surface area contributed by atoms with E-state index in [1.54, 1.807) is 52.3 Å². The van der Waals surface area contributed by atoms with E-state index in [1.807, 2.05) is 19.1 Å². The Balaban J connectivity index is 1.37. The number of nitrogens with one attached hydrogen (secondary N) is 1. The first kappa shape index (κ1) is 23.2. The van der Waals surface area contributed by atoms with Crippen LogP contribution in [0.15, 0.2) is 66.7 Å². The van der Waals surface area contributed by atoms with Gasteiger partial charge in [0.1, 0.15) is 11.6 Å². The lowest BCUT2D eigenvalue weighted by Gasteiger charge is -2.50. The van der Waals surface area contributed by atoms with Crippen LogP contribution in [0.2, 0.25) is 5.02 Å². The van der Waals surface area contributed by atoms with E-state index in [9.17, 15) is 14.0 Å². The van der Waals surface area contributed by atoms with Crippen LogP contribution in [0, 0.1) is 12.7 Å². The molecule has 5 rings (SSSR count). The van der Waals surface area contributed by atoms with Gasteiger partial charge < -0.3 is 15.0 Å². The Bertz CT molecular complexity index is 1270. The summed E-state index contributed by atoms with van der Waals surface area (Å²) in [6, 6.07) is 18.5. The Hall–Kier alpha value is -3.58. The quantitative estimate of drug-likeness (QED) is 0.498. The largest absolute Gasteiger partial charge is 0.467 e. The molecule has 0 aromatic heterocycles.